The smallest absolute Gasteiger partial charge is 0.358 e. The van der Waals surface area contributed by atoms with Gasteiger partial charge in [0.05, 0.1) is 4.90 Å². The molecule has 3 N–H and O–H groups in total. The molecule has 27 heavy (non-hydrogen) atoms. The standard InChI is InChI=1S/C15H16FN3O6S2/c1-19(10-11-4-2-3-5-14(11)26(17,21)22)15(20)18-12-6-8-13(9-7-12)25-27(16,23)24/h2-9H,10H2,1H3,(H,18,20)(H2,17,21,22). The summed E-state index contributed by atoms with van der Waals surface area (Å²) >= 11 is 0. The van der Waals surface area contributed by atoms with E-state index in [9.17, 15) is 25.5 Å². The maximum Gasteiger partial charge on any atom is 0.488 e. The van der Waals surface area contributed by atoms with Crippen LogP contribution in [0.15, 0.2) is 53.4 Å². The van der Waals surface area contributed by atoms with Gasteiger partial charge in [-0.25, -0.2) is 18.4 Å². The van der Waals surface area contributed by atoms with Crippen LogP contribution in [0, 0.1) is 0 Å². The first-order valence-electron chi connectivity index (χ1n) is 7.33. The average Bonchev–Trinajstić information content (AvgIpc) is 2.54. The Balaban J connectivity index is 2.07. The summed E-state index contributed by atoms with van der Waals surface area (Å²) in [6, 6.07) is 10.4. The van der Waals surface area contributed by atoms with E-state index in [1.54, 1.807) is 6.07 Å². The van der Waals surface area contributed by atoms with Crippen LogP contribution >= 0.6 is 0 Å². The van der Waals surface area contributed by atoms with Crippen LogP contribution < -0.4 is 14.6 Å². The van der Waals surface area contributed by atoms with Gasteiger partial charge in [0.1, 0.15) is 5.75 Å². The Morgan fingerprint density at radius 1 is 1.11 bits per heavy atom. The number of nitrogens with two attached hydrogens (primary N) is 1. The molecule has 2 aromatic rings. The summed E-state index contributed by atoms with van der Waals surface area (Å²) in [7, 11) is -7.62. The minimum atomic E-state index is -5.13. The van der Waals surface area contributed by atoms with Gasteiger partial charge in [-0.1, -0.05) is 22.1 Å². The lowest BCUT2D eigenvalue weighted by Crippen LogP contribution is -2.31. The molecule has 0 aliphatic carbocycles. The van der Waals surface area contributed by atoms with Gasteiger partial charge in [0, 0.05) is 19.3 Å². The maximum atomic E-state index is 12.4. The molecule has 2 amide bonds. The summed E-state index contributed by atoms with van der Waals surface area (Å²) in [6.07, 6.45) is 0. The first kappa shape index (κ1) is 20.6. The molecule has 146 valence electrons. The normalized spacial score (nSPS) is 11.7. The number of carbonyl (C=O) groups is 1. The quantitative estimate of drug-likeness (QED) is 0.685. The topological polar surface area (TPSA) is 136 Å². The third-order valence-corrected chi connectivity index (χ3v) is 4.74. The number of halogens is 1. The second-order valence-electron chi connectivity index (χ2n) is 5.44. The van der Waals surface area contributed by atoms with Crippen LogP contribution in [0.1, 0.15) is 5.56 Å². The summed E-state index contributed by atoms with van der Waals surface area (Å²) in [5.74, 6) is -0.258. The number of nitrogens with zero attached hydrogens (tertiary/aromatic N) is 1. The van der Waals surface area contributed by atoms with E-state index in [0.717, 1.165) is 12.1 Å². The second-order valence-corrected chi connectivity index (χ2v) is 7.92. The Morgan fingerprint density at radius 2 is 1.70 bits per heavy atom. The molecule has 12 heteroatoms. The molecular weight excluding hydrogens is 401 g/mol. The Kier molecular flexibility index (Phi) is 6.03. The summed E-state index contributed by atoms with van der Waals surface area (Å²) in [6.45, 7) is -0.0280. The van der Waals surface area contributed by atoms with E-state index in [-0.39, 0.29) is 22.9 Å². The van der Waals surface area contributed by atoms with Crippen molar-refractivity contribution in [3.8, 4) is 5.75 Å². The van der Waals surface area contributed by atoms with Crippen LogP contribution in [0.2, 0.25) is 0 Å². The van der Waals surface area contributed by atoms with Gasteiger partial charge >= 0.3 is 16.5 Å². The number of urea groups is 1. The molecule has 0 saturated carbocycles. The van der Waals surface area contributed by atoms with Crippen molar-refractivity contribution in [2.24, 2.45) is 5.14 Å². The Bertz CT molecular complexity index is 1040. The fourth-order valence-electron chi connectivity index (χ4n) is 2.17. The van der Waals surface area contributed by atoms with E-state index in [2.05, 4.69) is 9.50 Å². The van der Waals surface area contributed by atoms with Crippen LogP contribution in [0.5, 0.6) is 5.75 Å². The highest BCUT2D eigenvalue weighted by Gasteiger charge is 2.17. The molecule has 9 nitrogen and oxygen atoms in total. The molecular formula is C15H16FN3O6S2. The van der Waals surface area contributed by atoms with Crippen molar-refractivity contribution in [2.75, 3.05) is 12.4 Å². The number of amides is 2. The van der Waals surface area contributed by atoms with Crippen molar-refractivity contribution in [1.29, 1.82) is 0 Å². The SMILES string of the molecule is CN(Cc1ccccc1S(N)(=O)=O)C(=O)Nc1ccc(OS(=O)(=O)F)cc1. The minimum absolute atomic E-state index is 0.0280. The highest BCUT2D eigenvalue weighted by Crippen LogP contribution is 2.19. The highest BCUT2D eigenvalue weighted by atomic mass is 32.3. The lowest BCUT2D eigenvalue weighted by molar-refractivity contribution is 0.220. The third kappa shape index (κ3) is 6.20. The van der Waals surface area contributed by atoms with Gasteiger partial charge < -0.3 is 14.4 Å². The Labute approximate surface area is 156 Å². The van der Waals surface area contributed by atoms with Crippen molar-refractivity contribution < 1.29 is 29.7 Å². The number of hydrogen-bond donors (Lipinski definition) is 2. The molecule has 0 saturated heterocycles. The monoisotopic (exact) mass is 417 g/mol. The van der Waals surface area contributed by atoms with Crippen LogP contribution in [0.4, 0.5) is 14.4 Å². The second kappa shape index (κ2) is 7.90. The van der Waals surface area contributed by atoms with Gasteiger partial charge in [-0.2, -0.15) is 8.42 Å². The number of anilines is 1. The number of primary sulfonamides is 1. The van der Waals surface area contributed by atoms with Gasteiger partial charge in [0.15, 0.2) is 0 Å². The van der Waals surface area contributed by atoms with Crippen LogP contribution in [0.3, 0.4) is 0 Å². The zero-order valence-corrected chi connectivity index (χ0v) is 15.6. The molecule has 2 aromatic carbocycles. The van der Waals surface area contributed by atoms with Crippen molar-refractivity contribution >= 4 is 32.2 Å². The molecule has 0 radical (unpaired) electrons. The Hall–Kier alpha value is -2.70. The van der Waals surface area contributed by atoms with Gasteiger partial charge in [-0.05, 0) is 35.9 Å². The van der Waals surface area contributed by atoms with Crippen molar-refractivity contribution in [1.82, 2.24) is 4.90 Å². The van der Waals surface area contributed by atoms with E-state index in [4.69, 9.17) is 5.14 Å². The van der Waals surface area contributed by atoms with E-state index in [0.29, 0.717) is 5.56 Å². The largest absolute Gasteiger partial charge is 0.488 e. The predicted molar refractivity (Wildman–Crippen MR) is 95.4 cm³/mol. The molecule has 0 unspecified atom stereocenters. The third-order valence-electron chi connectivity index (χ3n) is 3.33. The average molecular weight is 417 g/mol. The molecule has 0 bridgehead atoms. The lowest BCUT2D eigenvalue weighted by Gasteiger charge is -2.19. The van der Waals surface area contributed by atoms with Crippen molar-refractivity contribution in [3.63, 3.8) is 0 Å². The predicted octanol–water partition coefficient (Wildman–Crippen LogP) is 1.59. The van der Waals surface area contributed by atoms with Gasteiger partial charge in [-0.3, -0.25) is 0 Å². The summed E-state index contributed by atoms with van der Waals surface area (Å²) in [4.78, 5) is 13.4. The van der Waals surface area contributed by atoms with Crippen molar-refractivity contribution in [2.45, 2.75) is 11.4 Å². The fraction of sp³-hybridized carbons (Fsp3) is 0.133. The molecule has 0 atom stereocenters. The molecule has 0 spiro atoms. The van der Waals surface area contributed by atoms with E-state index >= 15 is 0 Å². The summed E-state index contributed by atoms with van der Waals surface area (Å²) in [5.41, 5.74) is 0.629. The maximum absolute atomic E-state index is 12.4. The molecule has 0 aliphatic heterocycles. The molecule has 0 aromatic heterocycles. The zero-order chi connectivity index (χ0) is 20.2. The van der Waals surface area contributed by atoms with Crippen LogP contribution in [-0.2, 0) is 27.1 Å². The van der Waals surface area contributed by atoms with Gasteiger partial charge in [0.25, 0.3) is 0 Å². The van der Waals surface area contributed by atoms with Crippen LogP contribution in [0.25, 0.3) is 0 Å². The number of sulfonamides is 1. The molecule has 2 rings (SSSR count). The van der Waals surface area contributed by atoms with Crippen molar-refractivity contribution in [3.05, 3.63) is 54.1 Å². The zero-order valence-electron chi connectivity index (χ0n) is 14.0. The van der Waals surface area contributed by atoms with Gasteiger partial charge in [0.2, 0.25) is 10.0 Å². The number of benzene rings is 2. The molecule has 0 aliphatic rings. The van der Waals surface area contributed by atoms with E-state index in [1.165, 1.54) is 42.3 Å². The number of hydrogen-bond acceptors (Lipinski definition) is 6. The van der Waals surface area contributed by atoms with E-state index in [1.807, 2.05) is 0 Å². The molecule has 0 fully saturated rings. The number of rotatable bonds is 6. The van der Waals surface area contributed by atoms with E-state index < -0.39 is 26.6 Å². The highest BCUT2D eigenvalue weighted by molar-refractivity contribution is 7.89. The Morgan fingerprint density at radius 3 is 2.26 bits per heavy atom. The summed E-state index contributed by atoms with van der Waals surface area (Å²) in [5, 5.41) is 7.68. The lowest BCUT2D eigenvalue weighted by atomic mass is 10.2. The first-order chi connectivity index (χ1) is 12.5. The van der Waals surface area contributed by atoms with Gasteiger partial charge in [-0.15, -0.1) is 0 Å². The number of nitrogens with one attached hydrogen (secondary N) is 1. The minimum Gasteiger partial charge on any atom is -0.358 e. The summed E-state index contributed by atoms with van der Waals surface area (Å²) < 4.78 is 60.5. The number of carbonyl (C=O) groups excluding carboxylic acids is 1. The van der Waals surface area contributed by atoms with Crippen LogP contribution in [-0.4, -0.2) is 34.8 Å². The first-order valence-corrected chi connectivity index (χ1v) is 10.2. The molecule has 0 heterocycles. The fourth-order valence-corrected chi connectivity index (χ4v) is 3.27.